The third-order valence-electron chi connectivity index (χ3n) is 3.75. The van der Waals surface area contributed by atoms with E-state index in [1.165, 1.54) is 0 Å². The minimum absolute atomic E-state index is 0.0614. The average Bonchev–Trinajstić information content (AvgIpc) is 2.88. The Labute approximate surface area is 112 Å². The number of amides is 1. The van der Waals surface area contributed by atoms with Crippen molar-refractivity contribution in [3.8, 4) is 0 Å². The Hall–Kier alpha value is -0.610. The minimum Gasteiger partial charge on any atom is -0.341 e. The van der Waals surface area contributed by atoms with Gasteiger partial charge in [-0.05, 0) is 39.8 Å². The summed E-state index contributed by atoms with van der Waals surface area (Å²) in [6.45, 7) is 13.5. The van der Waals surface area contributed by atoms with Crippen LogP contribution < -0.4 is 5.32 Å². The zero-order valence-electron chi connectivity index (χ0n) is 12.4. The van der Waals surface area contributed by atoms with E-state index in [0.717, 1.165) is 45.6 Å². The molecule has 4 heteroatoms. The lowest BCUT2D eigenvalue weighted by molar-refractivity contribution is -0.132. The van der Waals surface area contributed by atoms with Crippen LogP contribution in [-0.2, 0) is 4.79 Å². The van der Waals surface area contributed by atoms with Crippen LogP contribution >= 0.6 is 0 Å². The number of nitrogens with one attached hydrogen (secondary N) is 1. The largest absolute Gasteiger partial charge is 0.341 e. The molecule has 0 aromatic carbocycles. The number of likely N-dealkylation sites (N-methyl/N-ethyl adjacent to an activating group) is 1. The molecule has 1 fully saturated rings. The van der Waals surface area contributed by atoms with E-state index in [9.17, 15) is 4.79 Å². The molecule has 0 radical (unpaired) electrons. The fourth-order valence-electron chi connectivity index (χ4n) is 2.63. The van der Waals surface area contributed by atoms with Crippen molar-refractivity contribution in [1.29, 1.82) is 0 Å². The van der Waals surface area contributed by atoms with Crippen LogP contribution in [0.2, 0.25) is 0 Å². The number of likely N-dealkylation sites (tertiary alicyclic amines) is 1. The van der Waals surface area contributed by atoms with E-state index in [1.54, 1.807) is 0 Å². The monoisotopic (exact) mass is 255 g/mol. The highest BCUT2D eigenvalue weighted by atomic mass is 16.2. The van der Waals surface area contributed by atoms with E-state index in [-0.39, 0.29) is 11.9 Å². The summed E-state index contributed by atoms with van der Waals surface area (Å²) in [5, 5.41) is 3.42. The molecule has 1 N–H and O–H groups in total. The van der Waals surface area contributed by atoms with Crippen LogP contribution in [-0.4, -0.2) is 60.5 Å². The fraction of sp³-hybridized carbons (Fsp3) is 0.929. The van der Waals surface area contributed by atoms with Crippen LogP contribution in [0.3, 0.4) is 0 Å². The topological polar surface area (TPSA) is 35.6 Å². The predicted octanol–water partition coefficient (Wildman–Crippen LogP) is 1.32. The Bertz CT molecular complexity index is 247. The van der Waals surface area contributed by atoms with Crippen molar-refractivity contribution in [2.24, 2.45) is 0 Å². The van der Waals surface area contributed by atoms with Crippen molar-refractivity contribution < 1.29 is 4.79 Å². The van der Waals surface area contributed by atoms with E-state index < -0.39 is 0 Å². The molecule has 1 saturated heterocycles. The molecule has 0 bridgehead atoms. The van der Waals surface area contributed by atoms with Crippen LogP contribution in [0.4, 0.5) is 0 Å². The van der Waals surface area contributed by atoms with Crippen molar-refractivity contribution in [1.82, 2.24) is 15.1 Å². The maximum absolute atomic E-state index is 12.2. The van der Waals surface area contributed by atoms with E-state index in [2.05, 4.69) is 31.0 Å². The standard InChI is InChI=1S/C14H29N3O/c1-5-16(6-2)11-12(3)15-13(4)14(18)17-9-7-8-10-17/h12-13,15H,5-11H2,1-4H3. The highest BCUT2D eigenvalue weighted by Crippen LogP contribution is 2.09. The highest BCUT2D eigenvalue weighted by molar-refractivity contribution is 5.81. The predicted molar refractivity (Wildman–Crippen MR) is 75.7 cm³/mol. The number of carbonyl (C=O) groups excluding carboxylic acids is 1. The normalized spacial score (nSPS) is 19.3. The SMILES string of the molecule is CCN(CC)CC(C)NC(C)C(=O)N1CCCC1. The number of rotatable bonds is 7. The number of nitrogens with zero attached hydrogens (tertiary/aromatic N) is 2. The van der Waals surface area contributed by atoms with Gasteiger partial charge in [-0.25, -0.2) is 0 Å². The first-order chi connectivity index (χ1) is 8.58. The molecule has 2 unspecified atom stereocenters. The zero-order chi connectivity index (χ0) is 13.5. The lowest BCUT2D eigenvalue weighted by atomic mass is 10.2. The molecule has 1 rings (SSSR count). The summed E-state index contributed by atoms with van der Waals surface area (Å²) in [5.74, 6) is 0.263. The summed E-state index contributed by atoms with van der Waals surface area (Å²) in [6, 6.07) is 0.292. The van der Waals surface area contributed by atoms with Gasteiger partial charge in [0.2, 0.25) is 5.91 Å². The van der Waals surface area contributed by atoms with Gasteiger partial charge in [0.15, 0.2) is 0 Å². The molecule has 0 aliphatic carbocycles. The molecule has 0 saturated carbocycles. The zero-order valence-corrected chi connectivity index (χ0v) is 12.4. The van der Waals surface area contributed by atoms with Gasteiger partial charge in [-0.1, -0.05) is 13.8 Å². The molecule has 1 aliphatic heterocycles. The molecule has 2 atom stereocenters. The Morgan fingerprint density at radius 2 is 1.78 bits per heavy atom. The first-order valence-corrected chi connectivity index (χ1v) is 7.35. The molecule has 106 valence electrons. The van der Waals surface area contributed by atoms with Crippen LogP contribution in [0, 0.1) is 0 Å². The van der Waals surface area contributed by atoms with Crippen molar-refractivity contribution in [2.75, 3.05) is 32.7 Å². The van der Waals surface area contributed by atoms with Crippen molar-refractivity contribution in [3.05, 3.63) is 0 Å². The van der Waals surface area contributed by atoms with E-state index in [1.807, 2.05) is 11.8 Å². The van der Waals surface area contributed by atoms with E-state index in [0.29, 0.717) is 6.04 Å². The van der Waals surface area contributed by atoms with Crippen LogP contribution in [0.5, 0.6) is 0 Å². The Balaban J connectivity index is 2.33. The summed E-state index contributed by atoms with van der Waals surface area (Å²) in [7, 11) is 0. The van der Waals surface area contributed by atoms with Crippen molar-refractivity contribution in [2.45, 2.75) is 52.6 Å². The first kappa shape index (κ1) is 15.4. The van der Waals surface area contributed by atoms with Gasteiger partial charge in [-0.2, -0.15) is 0 Å². The molecule has 0 spiro atoms. The van der Waals surface area contributed by atoms with Gasteiger partial charge in [0.25, 0.3) is 0 Å². The Kier molecular flexibility index (Phi) is 6.65. The molecule has 1 heterocycles. The van der Waals surface area contributed by atoms with Crippen LogP contribution in [0.15, 0.2) is 0 Å². The molecule has 1 aliphatic rings. The number of hydrogen-bond donors (Lipinski definition) is 1. The Morgan fingerprint density at radius 1 is 1.22 bits per heavy atom. The maximum Gasteiger partial charge on any atom is 0.239 e. The first-order valence-electron chi connectivity index (χ1n) is 7.35. The smallest absolute Gasteiger partial charge is 0.239 e. The minimum atomic E-state index is -0.0614. The average molecular weight is 255 g/mol. The second-order valence-electron chi connectivity index (χ2n) is 5.31. The lowest BCUT2D eigenvalue weighted by Crippen LogP contribution is -2.49. The van der Waals surface area contributed by atoms with Gasteiger partial charge in [-0.15, -0.1) is 0 Å². The van der Waals surface area contributed by atoms with Crippen molar-refractivity contribution >= 4 is 5.91 Å². The summed E-state index contributed by atoms with van der Waals surface area (Å²) in [5.41, 5.74) is 0. The molecule has 0 aromatic rings. The van der Waals surface area contributed by atoms with Crippen molar-refractivity contribution in [3.63, 3.8) is 0 Å². The van der Waals surface area contributed by atoms with Gasteiger partial charge in [0.1, 0.15) is 0 Å². The molecular formula is C14H29N3O. The van der Waals surface area contributed by atoms with Gasteiger partial charge >= 0.3 is 0 Å². The summed E-state index contributed by atoms with van der Waals surface area (Å²) >= 11 is 0. The highest BCUT2D eigenvalue weighted by Gasteiger charge is 2.24. The second kappa shape index (κ2) is 7.74. The summed E-state index contributed by atoms with van der Waals surface area (Å²) in [6.07, 6.45) is 2.32. The summed E-state index contributed by atoms with van der Waals surface area (Å²) in [4.78, 5) is 16.5. The van der Waals surface area contributed by atoms with E-state index in [4.69, 9.17) is 0 Å². The van der Waals surface area contributed by atoms with Crippen LogP contribution in [0.1, 0.15) is 40.5 Å². The lowest BCUT2D eigenvalue weighted by Gasteiger charge is -2.27. The quantitative estimate of drug-likeness (QED) is 0.745. The molecule has 0 aromatic heterocycles. The maximum atomic E-state index is 12.2. The number of hydrogen-bond acceptors (Lipinski definition) is 3. The van der Waals surface area contributed by atoms with Gasteiger partial charge < -0.3 is 15.1 Å². The molecular weight excluding hydrogens is 226 g/mol. The third-order valence-corrected chi connectivity index (χ3v) is 3.75. The van der Waals surface area contributed by atoms with Gasteiger partial charge in [0.05, 0.1) is 6.04 Å². The van der Waals surface area contributed by atoms with Crippen LogP contribution in [0.25, 0.3) is 0 Å². The molecule has 4 nitrogen and oxygen atoms in total. The third kappa shape index (κ3) is 4.58. The fourth-order valence-corrected chi connectivity index (χ4v) is 2.63. The van der Waals surface area contributed by atoms with E-state index >= 15 is 0 Å². The molecule has 1 amide bonds. The van der Waals surface area contributed by atoms with Gasteiger partial charge in [-0.3, -0.25) is 4.79 Å². The second-order valence-corrected chi connectivity index (χ2v) is 5.31. The molecule has 18 heavy (non-hydrogen) atoms. The summed E-state index contributed by atoms with van der Waals surface area (Å²) < 4.78 is 0. The number of carbonyl (C=O) groups is 1. The Morgan fingerprint density at radius 3 is 2.28 bits per heavy atom. The van der Waals surface area contributed by atoms with Gasteiger partial charge in [0, 0.05) is 25.7 Å².